The van der Waals surface area contributed by atoms with E-state index in [-0.39, 0.29) is 23.4 Å². The summed E-state index contributed by atoms with van der Waals surface area (Å²) >= 11 is 1.85. The van der Waals surface area contributed by atoms with E-state index in [1.54, 1.807) is 19.2 Å². The van der Waals surface area contributed by atoms with Crippen LogP contribution in [0.4, 0.5) is 0 Å². The van der Waals surface area contributed by atoms with Gasteiger partial charge < -0.3 is 9.64 Å². The smallest absolute Gasteiger partial charge is 0.274 e. The Balaban J connectivity index is 1.48. The largest absolute Gasteiger partial charge is 0.379 e. The monoisotopic (exact) mass is 516 g/mol. The van der Waals surface area contributed by atoms with E-state index in [0.717, 1.165) is 38.6 Å². The fraction of sp³-hybridized carbons (Fsp3) is 0.379. The van der Waals surface area contributed by atoms with Crippen molar-refractivity contribution in [2.24, 2.45) is 0 Å². The molecule has 3 aliphatic heterocycles. The first-order chi connectivity index (χ1) is 18.0. The molecular formula is C29H32N4O3S. The van der Waals surface area contributed by atoms with Gasteiger partial charge in [-0.15, -0.1) is 11.8 Å². The van der Waals surface area contributed by atoms with Crippen molar-refractivity contribution in [2.45, 2.75) is 36.6 Å². The summed E-state index contributed by atoms with van der Waals surface area (Å²) in [7, 11) is 0. The van der Waals surface area contributed by atoms with Crippen LogP contribution in [0.5, 0.6) is 0 Å². The summed E-state index contributed by atoms with van der Waals surface area (Å²) in [5, 5.41) is 2.27. The lowest BCUT2D eigenvalue weighted by atomic mass is 9.94. The van der Waals surface area contributed by atoms with Crippen LogP contribution >= 0.6 is 11.8 Å². The van der Waals surface area contributed by atoms with Gasteiger partial charge in [-0.1, -0.05) is 42.5 Å². The number of hydrogen-bond acceptors (Lipinski definition) is 6. The fourth-order valence-electron chi connectivity index (χ4n) is 5.74. The Hall–Kier alpha value is -3.07. The molecule has 2 unspecified atom stereocenters. The zero-order valence-corrected chi connectivity index (χ0v) is 22.1. The molecule has 7 nitrogen and oxygen atoms in total. The number of aromatic nitrogens is 1. The molecule has 1 fully saturated rings. The second-order valence-corrected chi connectivity index (χ2v) is 11.1. The molecule has 1 saturated heterocycles. The number of morpholine rings is 1. The molecule has 0 spiro atoms. The van der Waals surface area contributed by atoms with Gasteiger partial charge in [0.25, 0.3) is 5.91 Å². The second kappa shape index (κ2) is 10.0. The summed E-state index contributed by atoms with van der Waals surface area (Å²) in [5.41, 5.74) is 4.58. The van der Waals surface area contributed by atoms with E-state index in [2.05, 4.69) is 65.4 Å². The molecule has 2 aromatic carbocycles. The van der Waals surface area contributed by atoms with Crippen molar-refractivity contribution >= 4 is 17.7 Å². The van der Waals surface area contributed by atoms with Crippen molar-refractivity contribution in [3.05, 3.63) is 99.0 Å². The third-order valence-corrected chi connectivity index (χ3v) is 8.90. The quantitative estimate of drug-likeness (QED) is 0.528. The van der Waals surface area contributed by atoms with Gasteiger partial charge in [-0.05, 0) is 36.6 Å². The molecule has 0 N–H and O–H groups in total. The number of nitrogens with zero attached hydrogens (tertiary/aromatic N) is 4. The SMILES string of the molecule is Cc1c2n(ccc1=O)N(C1c3ccccc3CSc3ccccc31)CN(C(C)CN1CCOCC1)C2=O. The molecule has 1 aromatic heterocycles. The molecule has 6 rings (SSSR count). The molecule has 4 heterocycles. The zero-order valence-electron chi connectivity index (χ0n) is 21.3. The summed E-state index contributed by atoms with van der Waals surface area (Å²) in [6, 6.07) is 18.6. The Kier molecular flexibility index (Phi) is 6.56. The van der Waals surface area contributed by atoms with Gasteiger partial charge in [0.15, 0.2) is 5.43 Å². The Morgan fingerprint density at radius 1 is 1.00 bits per heavy atom. The van der Waals surface area contributed by atoms with Gasteiger partial charge in [-0.25, -0.2) is 0 Å². The number of rotatable bonds is 4. The predicted octanol–water partition coefficient (Wildman–Crippen LogP) is 3.62. The summed E-state index contributed by atoms with van der Waals surface area (Å²) in [6.07, 6.45) is 1.77. The molecule has 2 atom stereocenters. The number of benzene rings is 2. The van der Waals surface area contributed by atoms with E-state index in [1.165, 1.54) is 21.6 Å². The topological polar surface area (TPSA) is 58.0 Å². The molecule has 3 aliphatic rings. The summed E-state index contributed by atoms with van der Waals surface area (Å²) in [6.45, 7) is 8.25. The van der Waals surface area contributed by atoms with Crippen LogP contribution in [0.3, 0.4) is 0 Å². The van der Waals surface area contributed by atoms with Crippen LogP contribution in [0.25, 0.3) is 0 Å². The number of carbonyl (C=O) groups is 1. The molecule has 192 valence electrons. The average Bonchev–Trinajstić information content (AvgIpc) is 3.08. The number of thioether (sulfide) groups is 1. The molecule has 0 bridgehead atoms. The van der Waals surface area contributed by atoms with Crippen molar-refractivity contribution in [1.29, 1.82) is 0 Å². The number of pyridine rings is 1. The minimum absolute atomic E-state index is 0.0257. The maximum absolute atomic E-state index is 14.0. The lowest BCUT2D eigenvalue weighted by molar-refractivity contribution is 0.0210. The molecule has 8 heteroatoms. The Labute approximate surface area is 221 Å². The molecule has 1 amide bonds. The van der Waals surface area contributed by atoms with Gasteiger partial charge in [-0.2, -0.15) is 0 Å². The summed E-state index contributed by atoms with van der Waals surface area (Å²) in [4.78, 5) is 32.2. The van der Waals surface area contributed by atoms with E-state index < -0.39 is 0 Å². The van der Waals surface area contributed by atoms with Gasteiger partial charge in [0.1, 0.15) is 12.4 Å². The van der Waals surface area contributed by atoms with Crippen LogP contribution in [0, 0.1) is 6.92 Å². The van der Waals surface area contributed by atoms with Crippen LogP contribution in [0.2, 0.25) is 0 Å². The third-order valence-electron chi connectivity index (χ3n) is 7.76. The minimum Gasteiger partial charge on any atom is -0.379 e. The standard InChI is InChI=1S/C29H32N4O3S/c1-20(17-30-13-15-36-16-14-30)31-19-33(32-12-11-25(34)21(2)27(32)29(31)35)28-23-8-4-3-7-22(23)18-37-26-10-6-5-9-24(26)28/h3-12,20,28H,13-19H2,1-2H3. The normalized spacial score (nSPS) is 20.6. The first-order valence-corrected chi connectivity index (χ1v) is 13.9. The van der Waals surface area contributed by atoms with Gasteiger partial charge in [0.05, 0.1) is 19.3 Å². The van der Waals surface area contributed by atoms with Gasteiger partial charge in [0, 0.05) is 54.2 Å². The van der Waals surface area contributed by atoms with Crippen molar-refractivity contribution < 1.29 is 9.53 Å². The highest BCUT2D eigenvalue weighted by Gasteiger charge is 2.39. The molecule has 0 aliphatic carbocycles. The average molecular weight is 517 g/mol. The molecular weight excluding hydrogens is 484 g/mol. The van der Waals surface area contributed by atoms with Crippen LogP contribution in [-0.2, 0) is 10.5 Å². The minimum atomic E-state index is -0.112. The number of fused-ring (bicyclic) bond motifs is 3. The molecule has 37 heavy (non-hydrogen) atoms. The molecule has 0 saturated carbocycles. The highest BCUT2D eigenvalue weighted by molar-refractivity contribution is 7.98. The second-order valence-electron chi connectivity index (χ2n) is 10.0. The number of ether oxygens (including phenoxy) is 1. The molecule has 0 radical (unpaired) electrons. The maximum Gasteiger partial charge on any atom is 0.274 e. The van der Waals surface area contributed by atoms with Crippen molar-refractivity contribution in [1.82, 2.24) is 14.5 Å². The van der Waals surface area contributed by atoms with Gasteiger partial charge in [0.2, 0.25) is 0 Å². The predicted molar refractivity (Wildman–Crippen MR) is 146 cm³/mol. The maximum atomic E-state index is 14.0. The third kappa shape index (κ3) is 4.37. The summed E-state index contributed by atoms with van der Waals surface area (Å²) < 4.78 is 7.46. The molecule has 3 aromatic rings. The number of carbonyl (C=O) groups excluding carboxylic acids is 1. The van der Waals surface area contributed by atoms with Gasteiger partial charge in [-0.3, -0.25) is 24.2 Å². The fourth-order valence-corrected chi connectivity index (χ4v) is 6.83. The van der Waals surface area contributed by atoms with Crippen molar-refractivity contribution in [2.75, 3.05) is 44.5 Å². The Bertz CT molecular complexity index is 1340. The van der Waals surface area contributed by atoms with Crippen LogP contribution < -0.4 is 10.4 Å². The van der Waals surface area contributed by atoms with Crippen LogP contribution in [-0.4, -0.2) is 65.9 Å². The van der Waals surface area contributed by atoms with E-state index >= 15 is 0 Å². The number of hydrogen-bond donors (Lipinski definition) is 0. The van der Waals surface area contributed by atoms with E-state index in [0.29, 0.717) is 17.9 Å². The van der Waals surface area contributed by atoms with E-state index in [4.69, 9.17) is 4.74 Å². The van der Waals surface area contributed by atoms with Crippen molar-refractivity contribution in [3.8, 4) is 0 Å². The lowest BCUT2D eigenvalue weighted by Gasteiger charge is -2.47. The van der Waals surface area contributed by atoms with Gasteiger partial charge >= 0.3 is 0 Å². The summed E-state index contributed by atoms with van der Waals surface area (Å²) in [5.74, 6) is 0.806. The van der Waals surface area contributed by atoms with E-state index in [9.17, 15) is 9.59 Å². The lowest BCUT2D eigenvalue weighted by Crippen LogP contribution is -2.60. The number of amides is 1. The highest BCUT2D eigenvalue weighted by atomic mass is 32.2. The highest BCUT2D eigenvalue weighted by Crippen LogP contribution is 2.42. The van der Waals surface area contributed by atoms with Crippen molar-refractivity contribution in [3.63, 3.8) is 0 Å². The van der Waals surface area contributed by atoms with Crippen LogP contribution in [0.15, 0.2) is 70.5 Å². The first-order valence-electron chi connectivity index (χ1n) is 12.9. The Morgan fingerprint density at radius 3 is 2.54 bits per heavy atom. The van der Waals surface area contributed by atoms with E-state index in [1.807, 2.05) is 21.3 Å². The first kappa shape index (κ1) is 24.3. The Morgan fingerprint density at radius 2 is 1.73 bits per heavy atom. The zero-order chi connectivity index (χ0) is 25.5. The van der Waals surface area contributed by atoms with Crippen LogP contribution in [0.1, 0.15) is 45.7 Å².